The molecular formula is C23H43Cl3N14. The van der Waals surface area contributed by atoms with Crippen molar-refractivity contribution in [1.29, 1.82) is 0 Å². The van der Waals surface area contributed by atoms with Crippen molar-refractivity contribution in [3.8, 4) is 0 Å². The molecule has 40 heavy (non-hydrogen) atoms. The van der Waals surface area contributed by atoms with Crippen LogP contribution < -0.4 is 26.6 Å². The van der Waals surface area contributed by atoms with Crippen molar-refractivity contribution < 1.29 is 0 Å². The highest BCUT2D eigenvalue weighted by atomic mass is 35.5. The fourth-order valence-electron chi connectivity index (χ4n) is 2.35. The summed E-state index contributed by atoms with van der Waals surface area (Å²) in [4.78, 5) is 35.5. The summed E-state index contributed by atoms with van der Waals surface area (Å²) in [5.41, 5.74) is 0. The van der Waals surface area contributed by atoms with Crippen molar-refractivity contribution in [3.63, 3.8) is 0 Å². The van der Waals surface area contributed by atoms with Gasteiger partial charge < -0.3 is 26.6 Å². The highest BCUT2D eigenvalue weighted by Gasteiger charge is 2.05. The highest BCUT2D eigenvalue weighted by Crippen LogP contribution is 2.11. The zero-order chi connectivity index (χ0) is 28.8. The van der Waals surface area contributed by atoms with Crippen molar-refractivity contribution in [3.05, 3.63) is 21.7 Å². The summed E-state index contributed by atoms with van der Waals surface area (Å²) in [6, 6.07) is 0.828. The second kappa shape index (κ2) is 19.9. The lowest BCUT2D eigenvalue weighted by molar-refractivity contribution is 0.858. The summed E-state index contributed by atoms with van der Waals surface area (Å²) < 4.78 is 0. The first-order valence-electron chi connectivity index (χ1n) is 11.7. The fourth-order valence-corrected chi connectivity index (χ4v) is 2.87. The van der Waals surface area contributed by atoms with E-state index in [4.69, 9.17) is 34.8 Å². The lowest BCUT2D eigenvalue weighted by Crippen LogP contribution is -2.14. The standard InChI is InChI=1S/C8H15N5.C7H12ClN5.C6H8Cl2N4.2CH4/c1-5(2)10-8-12-6(3)11-7(9-4)13-8;1-4(2)10-7-12-5(8)11-6(9-3)13-7;1-3(2)9-6-11-4(7)10-5(8)12-6;;/h5H,1-4H3,(H2,9,10,11,12,13);4H,1-3H3,(H2,9,10,11,12,13);3H,1-2H3,(H,9,10,11,12);2*1H4. The quantitative estimate of drug-likeness (QED) is 0.207. The summed E-state index contributed by atoms with van der Waals surface area (Å²) in [7, 11) is 3.51. The molecule has 226 valence electrons. The number of aromatic nitrogens is 9. The minimum Gasteiger partial charge on any atom is -0.357 e. The van der Waals surface area contributed by atoms with Crippen LogP contribution in [0.4, 0.5) is 29.7 Å². The maximum Gasteiger partial charge on any atom is 0.228 e. The van der Waals surface area contributed by atoms with Crippen LogP contribution in [0.3, 0.4) is 0 Å². The fraction of sp³-hybridized carbons (Fsp3) is 0.609. The monoisotopic (exact) mass is 620 g/mol. The molecule has 0 atom stereocenters. The van der Waals surface area contributed by atoms with Crippen molar-refractivity contribution in [2.45, 2.75) is 81.4 Å². The molecule has 17 heteroatoms. The smallest absolute Gasteiger partial charge is 0.228 e. The second-order valence-electron chi connectivity index (χ2n) is 8.38. The summed E-state index contributed by atoms with van der Waals surface area (Å²) in [6.45, 7) is 13.8. The number of anilines is 5. The van der Waals surface area contributed by atoms with Gasteiger partial charge in [0, 0.05) is 32.2 Å². The molecule has 3 rings (SSSR count). The van der Waals surface area contributed by atoms with Gasteiger partial charge in [0.05, 0.1) is 0 Å². The van der Waals surface area contributed by atoms with Gasteiger partial charge in [0.25, 0.3) is 0 Å². The molecule has 0 saturated heterocycles. The van der Waals surface area contributed by atoms with Crippen molar-refractivity contribution >= 4 is 64.5 Å². The van der Waals surface area contributed by atoms with Gasteiger partial charge in [-0.25, -0.2) is 0 Å². The minimum atomic E-state index is 0. The first kappa shape index (κ1) is 39.0. The molecule has 0 fully saturated rings. The van der Waals surface area contributed by atoms with Gasteiger partial charge in [0.2, 0.25) is 45.6 Å². The van der Waals surface area contributed by atoms with E-state index in [0.29, 0.717) is 41.6 Å². The van der Waals surface area contributed by atoms with E-state index >= 15 is 0 Å². The van der Waals surface area contributed by atoms with Gasteiger partial charge in [-0.3, -0.25) is 0 Å². The Bertz CT molecular complexity index is 1050. The summed E-state index contributed by atoms with van der Waals surface area (Å²) in [5.74, 6) is 3.27. The largest absolute Gasteiger partial charge is 0.357 e. The lowest BCUT2D eigenvalue weighted by Gasteiger charge is -2.09. The van der Waals surface area contributed by atoms with Gasteiger partial charge in [-0.05, 0) is 83.3 Å². The van der Waals surface area contributed by atoms with Gasteiger partial charge in [-0.15, -0.1) is 0 Å². The number of rotatable bonds is 8. The average Bonchev–Trinajstić information content (AvgIpc) is 2.77. The van der Waals surface area contributed by atoms with Crippen LogP contribution in [-0.4, -0.2) is 77.1 Å². The Kier molecular flexibility index (Phi) is 19.4. The van der Waals surface area contributed by atoms with Crippen LogP contribution in [0, 0.1) is 6.92 Å². The van der Waals surface area contributed by atoms with E-state index in [1.165, 1.54) is 0 Å². The van der Waals surface area contributed by atoms with E-state index in [1.54, 1.807) is 14.1 Å². The maximum atomic E-state index is 5.67. The number of halogens is 3. The maximum absolute atomic E-state index is 5.67. The number of nitrogens with one attached hydrogen (secondary N) is 5. The van der Waals surface area contributed by atoms with Crippen LogP contribution >= 0.6 is 34.8 Å². The first-order chi connectivity index (χ1) is 17.8. The molecule has 0 bridgehead atoms. The average molecular weight is 622 g/mol. The van der Waals surface area contributed by atoms with Crippen LogP contribution in [0.15, 0.2) is 0 Å². The third-order valence-corrected chi connectivity index (χ3v) is 4.14. The summed E-state index contributed by atoms with van der Waals surface area (Å²) >= 11 is 16.8. The Morgan fingerprint density at radius 1 is 0.450 bits per heavy atom. The number of hydrogen-bond donors (Lipinski definition) is 5. The molecule has 3 aromatic rings. The van der Waals surface area contributed by atoms with E-state index in [1.807, 2.05) is 48.5 Å². The van der Waals surface area contributed by atoms with Crippen molar-refractivity contribution in [2.24, 2.45) is 0 Å². The third-order valence-electron chi connectivity index (χ3n) is 3.64. The van der Waals surface area contributed by atoms with E-state index in [9.17, 15) is 0 Å². The zero-order valence-corrected chi connectivity index (χ0v) is 25.2. The van der Waals surface area contributed by atoms with Crippen LogP contribution in [0.2, 0.25) is 15.9 Å². The molecule has 3 heterocycles. The lowest BCUT2D eigenvalue weighted by atomic mass is 10.4. The van der Waals surface area contributed by atoms with Gasteiger partial charge in [0.15, 0.2) is 0 Å². The van der Waals surface area contributed by atoms with E-state index < -0.39 is 0 Å². The predicted octanol–water partition coefficient (Wildman–Crippen LogP) is 5.70. The van der Waals surface area contributed by atoms with Crippen LogP contribution in [0.25, 0.3) is 0 Å². The van der Waals surface area contributed by atoms with Crippen molar-refractivity contribution in [2.75, 3.05) is 40.7 Å². The Labute approximate surface area is 252 Å². The Morgan fingerprint density at radius 2 is 0.725 bits per heavy atom. The molecule has 0 spiro atoms. The molecule has 0 aromatic carbocycles. The number of nitrogens with zero attached hydrogens (tertiary/aromatic N) is 9. The molecule has 0 radical (unpaired) electrons. The molecule has 3 aromatic heterocycles. The van der Waals surface area contributed by atoms with Gasteiger partial charge in [0.1, 0.15) is 5.82 Å². The van der Waals surface area contributed by atoms with Crippen LogP contribution in [-0.2, 0) is 0 Å². The number of hydrogen-bond acceptors (Lipinski definition) is 14. The molecule has 0 aliphatic rings. The second-order valence-corrected chi connectivity index (χ2v) is 9.39. The zero-order valence-electron chi connectivity index (χ0n) is 22.9. The molecule has 0 aliphatic carbocycles. The van der Waals surface area contributed by atoms with Gasteiger partial charge in [-0.2, -0.15) is 44.9 Å². The van der Waals surface area contributed by atoms with Gasteiger partial charge >= 0.3 is 0 Å². The number of aryl methyl sites for hydroxylation is 1. The summed E-state index contributed by atoms with van der Waals surface area (Å²) in [5, 5.41) is 15.2. The molecular weight excluding hydrogens is 579 g/mol. The molecule has 5 N–H and O–H groups in total. The molecule has 14 nitrogen and oxygen atoms in total. The Balaban J connectivity index is 0. The van der Waals surface area contributed by atoms with E-state index in [-0.39, 0.29) is 42.8 Å². The third kappa shape index (κ3) is 16.8. The SMILES string of the molecule is C.C.CC(C)Nc1nc(Cl)nc(Cl)n1.CNc1nc(C)nc(NC(C)C)n1.CNc1nc(Cl)nc(NC(C)C)n1. The van der Waals surface area contributed by atoms with Crippen LogP contribution in [0.1, 0.15) is 62.2 Å². The Morgan fingerprint density at radius 3 is 1.10 bits per heavy atom. The highest BCUT2D eigenvalue weighted by molar-refractivity contribution is 6.31. The summed E-state index contributed by atoms with van der Waals surface area (Å²) in [6.07, 6.45) is 0. The first-order valence-corrected chi connectivity index (χ1v) is 12.8. The predicted molar refractivity (Wildman–Crippen MR) is 168 cm³/mol. The normalized spacial score (nSPS) is 9.78. The van der Waals surface area contributed by atoms with Crippen molar-refractivity contribution in [1.82, 2.24) is 44.9 Å². The van der Waals surface area contributed by atoms with Crippen LogP contribution in [0.5, 0.6) is 0 Å². The topological polar surface area (TPSA) is 176 Å². The van der Waals surface area contributed by atoms with E-state index in [2.05, 4.69) is 71.4 Å². The molecule has 0 aliphatic heterocycles. The molecule has 0 unspecified atom stereocenters. The van der Waals surface area contributed by atoms with Gasteiger partial charge in [-0.1, -0.05) is 14.9 Å². The minimum absolute atomic E-state index is 0. The molecule has 0 saturated carbocycles. The Hall–Kier alpha value is -3.10. The van der Waals surface area contributed by atoms with E-state index in [0.717, 1.165) is 0 Å². The molecule has 0 amide bonds.